The summed E-state index contributed by atoms with van der Waals surface area (Å²) in [5, 5.41) is 11.4. The van der Waals surface area contributed by atoms with Crippen LogP contribution in [0.25, 0.3) is 0 Å². The zero-order valence-electron chi connectivity index (χ0n) is 12.8. The number of nitrogens with one attached hydrogen (secondary N) is 1. The first-order valence-corrected chi connectivity index (χ1v) is 8.31. The number of benzene rings is 1. The van der Waals surface area contributed by atoms with Crippen LogP contribution in [0.2, 0.25) is 0 Å². The quantitative estimate of drug-likeness (QED) is 0.722. The highest BCUT2D eigenvalue weighted by atomic mass is 32.2. The smallest absolute Gasteiger partial charge is 0.303 e. The van der Waals surface area contributed by atoms with Crippen LogP contribution in [-0.4, -0.2) is 23.0 Å². The molecule has 1 unspecified atom stereocenters. The third-order valence-corrected chi connectivity index (χ3v) is 4.32. The largest absolute Gasteiger partial charge is 0.481 e. The molecule has 1 aromatic carbocycles. The van der Waals surface area contributed by atoms with Crippen LogP contribution in [-0.2, 0) is 10.5 Å². The van der Waals surface area contributed by atoms with Gasteiger partial charge in [0, 0.05) is 28.7 Å². The maximum absolute atomic E-state index is 12.2. The molecule has 2 aromatic rings. The first kappa shape index (κ1) is 17.1. The van der Waals surface area contributed by atoms with Crippen molar-refractivity contribution in [2.24, 2.45) is 0 Å². The van der Waals surface area contributed by atoms with Crippen LogP contribution in [0.4, 0.5) is 0 Å². The SMILES string of the molecule is CC(CCC(=O)O)NC(=O)c1occc1CSc1ccccc1. The normalized spacial score (nSPS) is 11.9. The van der Waals surface area contributed by atoms with Gasteiger partial charge in [0.15, 0.2) is 5.76 Å². The summed E-state index contributed by atoms with van der Waals surface area (Å²) in [6.07, 6.45) is 1.91. The second kappa shape index (κ2) is 8.43. The first-order valence-electron chi connectivity index (χ1n) is 7.33. The van der Waals surface area contributed by atoms with Crippen molar-refractivity contribution in [1.29, 1.82) is 0 Å². The third-order valence-electron chi connectivity index (χ3n) is 3.26. The molecule has 0 aliphatic carbocycles. The molecule has 0 aliphatic rings. The van der Waals surface area contributed by atoms with Crippen molar-refractivity contribution in [2.45, 2.75) is 36.5 Å². The summed E-state index contributed by atoms with van der Waals surface area (Å²) in [7, 11) is 0. The third kappa shape index (κ3) is 5.49. The van der Waals surface area contributed by atoms with Crippen molar-refractivity contribution in [2.75, 3.05) is 0 Å². The van der Waals surface area contributed by atoms with Gasteiger partial charge in [0.2, 0.25) is 0 Å². The minimum atomic E-state index is -0.871. The molecule has 23 heavy (non-hydrogen) atoms. The molecule has 2 rings (SSSR count). The lowest BCUT2D eigenvalue weighted by molar-refractivity contribution is -0.137. The average molecular weight is 333 g/mol. The van der Waals surface area contributed by atoms with Gasteiger partial charge in [0.25, 0.3) is 5.91 Å². The van der Waals surface area contributed by atoms with E-state index < -0.39 is 5.97 Å². The number of aliphatic carboxylic acids is 1. The Labute approximate surface area is 139 Å². The topological polar surface area (TPSA) is 79.5 Å². The van der Waals surface area contributed by atoms with Gasteiger partial charge in [-0.1, -0.05) is 18.2 Å². The van der Waals surface area contributed by atoms with E-state index in [-0.39, 0.29) is 24.1 Å². The molecule has 0 fully saturated rings. The van der Waals surface area contributed by atoms with Crippen molar-refractivity contribution in [3.8, 4) is 0 Å². The number of hydrogen-bond donors (Lipinski definition) is 2. The fourth-order valence-corrected chi connectivity index (χ4v) is 2.93. The summed E-state index contributed by atoms with van der Waals surface area (Å²) in [4.78, 5) is 23.9. The lowest BCUT2D eigenvalue weighted by atomic mass is 10.1. The number of carbonyl (C=O) groups excluding carboxylic acids is 1. The summed E-state index contributed by atoms with van der Waals surface area (Å²) >= 11 is 1.63. The van der Waals surface area contributed by atoms with Crippen molar-refractivity contribution < 1.29 is 19.1 Å². The predicted molar refractivity (Wildman–Crippen MR) is 88.5 cm³/mol. The number of carboxylic acid groups (broad SMARTS) is 1. The minimum Gasteiger partial charge on any atom is -0.481 e. The van der Waals surface area contributed by atoms with Crippen molar-refractivity contribution in [1.82, 2.24) is 5.32 Å². The van der Waals surface area contributed by atoms with E-state index in [1.807, 2.05) is 30.3 Å². The summed E-state index contributed by atoms with van der Waals surface area (Å²) in [6.45, 7) is 1.78. The zero-order chi connectivity index (χ0) is 16.7. The van der Waals surface area contributed by atoms with E-state index >= 15 is 0 Å². The maximum Gasteiger partial charge on any atom is 0.303 e. The molecule has 1 atom stereocenters. The lowest BCUT2D eigenvalue weighted by Gasteiger charge is -2.12. The van der Waals surface area contributed by atoms with E-state index in [4.69, 9.17) is 9.52 Å². The minimum absolute atomic E-state index is 0.0241. The molecule has 0 spiro atoms. The molecule has 1 heterocycles. The van der Waals surface area contributed by atoms with E-state index in [0.717, 1.165) is 10.5 Å². The Morgan fingerprint density at radius 2 is 2.00 bits per heavy atom. The van der Waals surface area contributed by atoms with Gasteiger partial charge >= 0.3 is 5.97 Å². The van der Waals surface area contributed by atoms with Gasteiger partial charge in [0.1, 0.15) is 0 Å². The second-order valence-electron chi connectivity index (χ2n) is 5.18. The molecule has 0 aliphatic heterocycles. The van der Waals surface area contributed by atoms with E-state index in [1.54, 1.807) is 24.8 Å². The van der Waals surface area contributed by atoms with Crippen LogP contribution in [0.5, 0.6) is 0 Å². The molecule has 1 amide bonds. The van der Waals surface area contributed by atoms with E-state index in [2.05, 4.69) is 5.32 Å². The second-order valence-corrected chi connectivity index (χ2v) is 6.23. The summed E-state index contributed by atoms with van der Waals surface area (Å²) in [5.41, 5.74) is 0.821. The van der Waals surface area contributed by atoms with E-state index in [9.17, 15) is 9.59 Å². The highest BCUT2D eigenvalue weighted by Gasteiger charge is 2.18. The standard InChI is InChI=1S/C17H19NO4S/c1-12(7-8-15(19)20)18-17(21)16-13(9-10-22-16)11-23-14-5-3-2-4-6-14/h2-6,9-10,12H,7-8,11H2,1H3,(H,18,21)(H,19,20). The number of amides is 1. The number of furan rings is 1. The van der Waals surface area contributed by atoms with Crippen LogP contribution in [0.3, 0.4) is 0 Å². The lowest BCUT2D eigenvalue weighted by Crippen LogP contribution is -2.33. The van der Waals surface area contributed by atoms with Crippen molar-refractivity contribution >= 4 is 23.6 Å². The average Bonchev–Trinajstić information content (AvgIpc) is 3.00. The van der Waals surface area contributed by atoms with Gasteiger partial charge in [-0.2, -0.15) is 0 Å². The monoisotopic (exact) mass is 333 g/mol. The Balaban J connectivity index is 1.91. The van der Waals surface area contributed by atoms with Crippen LogP contribution >= 0.6 is 11.8 Å². The Kier molecular flexibility index (Phi) is 6.29. The Morgan fingerprint density at radius 3 is 2.70 bits per heavy atom. The molecule has 0 bridgehead atoms. The highest BCUT2D eigenvalue weighted by molar-refractivity contribution is 7.98. The first-order chi connectivity index (χ1) is 11.1. The zero-order valence-corrected chi connectivity index (χ0v) is 13.6. The fraction of sp³-hybridized carbons (Fsp3) is 0.294. The van der Waals surface area contributed by atoms with Crippen molar-refractivity contribution in [3.05, 3.63) is 54.0 Å². The summed E-state index contributed by atoms with van der Waals surface area (Å²) in [6, 6.07) is 11.5. The van der Waals surface area contributed by atoms with Crippen LogP contribution in [0.1, 0.15) is 35.9 Å². The molecule has 1 aromatic heterocycles. The molecule has 0 radical (unpaired) electrons. The molecule has 5 nitrogen and oxygen atoms in total. The number of thioether (sulfide) groups is 1. The molecule has 0 saturated heterocycles. The molecule has 0 saturated carbocycles. The summed E-state index contributed by atoms with van der Waals surface area (Å²) in [5.74, 6) is -0.261. The number of hydrogen-bond acceptors (Lipinski definition) is 4. The molecular weight excluding hydrogens is 314 g/mol. The van der Waals surface area contributed by atoms with E-state index in [0.29, 0.717) is 12.2 Å². The molecule has 2 N–H and O–H groups in total. The Hall–Kier alpha value is -2.21. The van der Waals surface area contributed by atoms with Gasteiger partial charge in [-0.15, -0.1) is 11.8 Å². The van der Waals surface area contributed by atoms with Gasteiger partial charge < -0.3 is 14.8 Å². The van der Waals surface area contributed by atoms with Gasteiger partial charge in [-0.3, -0.25) is 9.59 Å². The van der Waals surface area contributed by atoms with Crippen LogP contribution < -0.4 is 5.32 Å². The van der Waals surface area contributed by atoms with Crippen LogP contribution in [0, 0.1) is 0 Å². The molecular formula is C17H19NO4S. The molecule has 6 heteroatoms. The van der Waals surface area contributed by atoms with Gasteiger partial charge in [-0.05, 0) is 31.5 Å². The molecule has 122 valence electrons. The van der Waals surface area contributed by atoms with Gasteiger partial charge in [-0.25, -0.2) is 0 Å². The fourth-order valence-electron chi connectivity index (χ4n) is 2.03. The summed E-state index contributed by atoms with van der Waals surface area (Å²) < 4.78 is 5.30. The van der Waals surface area contributed by atoms with E-state index in [1.165, 1.54) is 6.26 Å². The number of carbonyl (C=O) groups is 2. The van der Waals surface area contributed by atoms with Crippen molar-refractivity contribution in [3.63, 3.8) is 0 Å². The van der Waals surface area contributed by atoms with Crippen LogP contribution in [0.15, 0.2) is 52.0 Å². The highest BCUT2D eigenvalue weighted by Crippen LogP contribution is 2.24. The predicted octanol–water partition coefficient (Wildman–Crippen LogP) is 3.56. The Bertz CT molecular complexity index is 654. The maximum atomic E-state index is 12.2. The number of rotatable bonds is 8. The Morgan fingerprint density at radius 1 is 1.26 bits per heavy atom. The number of carboxylic acids is 1. The van der Waals surface area contributed by atoms with Gasteiger partial charge in [0.05, 0.1) is 6.26 Å².